The minimum absolute atomic E-state index is 0.0556. The largest absolute Gasteiger partial charge is 0.372 e. The Morgan fingerprint density at radius 1 is 1.07 bits per heavy atom. The zero-order valence-corrected chi connectivity index (χ0v) is 18.0. The van der Waals surface area contributed by atoms with Crippen LogP contribution < -0.4 is 10.2 Å². The first kappa shape index (κ1) is 20.8. The Labute approximate surface area is 182 Å². The van der Waals surface area contributed by atoms with Crippen molar-refractivity contribution >= 4 is 22.9 Å². The van der Waals surface area contributed by atoms with E-state index in [0.717, 1.165) is 50.2 Å². The van der Waals surface area contributed by atoms with Gasteiger partial charge in [0.25, 0.3) is 5.91 Å². The predicted octanol–water partition coefficient (Wildman–Crippen LogP) is 3.54. The zero-order chi connectivity index (χ0) is 20.6. The fourth-order valence-corrected chi connectivity index (χ4v) is 4.80. The van der Waals surface area contributed by atoms with Gasteiger partial charge in [-0.3, -0.25) is 4.79 Å². The molecule has 30 heavy (non-hydrogen) atoms. The van der Waals surface area contributed by atoms with E-state index in [4.69, 9.17) is 4.74 Å². The lowest BCUT2D eigenvalue weighted by molar-refractivity contribution is -0.908. The number of rotatable bonds is 9. The lowest BCUT2D eigenvalue weighted by atomic mass is 10.0. The van der Waals surface area contributed by atoms with Gasteiger partial charge in [-0.1, -0.05) is 54.6 Å². The summed E-state index contributed by atoms with van der Waals surface area (Å²) in [5, 5.41) is 5.26. The lowest BCUT2D eigenvalue weighted by Crippen LogP contribution is -3.12. The first-order valence-corrected chi connectivity index (χ1v) is 11.5. The molecule has 0 spiro atoms. The first-order chi connectivity index (χ1) is 14.8. The van der Waals surface area contributed by atoms with Crippen LogP contribution >= 0.6 is 11.3 Å². The molecule has 1 amide bonds. The Kier molecular flexibility index (Phi) is 7.29. The van der Waals surface area contributed by atoms with Crippen molar-refractivity contribution in [1.29, 1.82) is 0 Å². The second-order valence-electron chi connectivity index (χ2n) is 7.89. The normalized spacial score (nSPS) is 17.0. The minimum atomic E-state index is 0.0556. The fraction of sp³-hybridized carbons (Fsp3) is 0.320. The number of anilines is 1. The minimum Gasteiger partial charge on any atom is -0.372 e. The van der Waals surface area contributed by atoms with Crippen LogP contribution in [0.25, 0.3) is 0 Å². The van der Waals surface area contributed by atoms with Gasteiger partial charge in [-0.25, -0.2) is 0 Å². The number of hydrogen-bond donors (Lipinski definition) is 2. The monoisotopic (exact) mass is 421 g/mol. The highest BCUT2D eigenvalue weighted by Gasteiger charge is 2.24. The third-order valence-corrected chi connectivity index (χ3v) is 6.36. The quantitative estimate of drug-likeness (QED) is 0.555. The highest BCUT2D eigenvalue weighted by Crippen LogP contribution is 2.19. The van der Waals surface area contributed by atoms with Gasteiger partial charge >= 0.3 is 0 Å². The molecule has 0 saturated carbocycles. The van der Waals surface area contributed by atoms with Gasteiger partial charge in [0.2, 0.25) is 0 Å². The Morgan fingerprint density at radius 3 is 2.67 bits per heavy atom. The molecule has 2 heterocycles. The van der Waals surface area contributed by atoms with Crippen LogP contribution in [0.4, 0.5) is 5.69 Å². The first-order valence-electron chi connectivity index (χ1n) is 10.7. The summed E-state index contributed by atoms with van der Waals surface area (Å²) in [4.78, 5) is 15.5. The summed E-state index contributed by atoms with van der Waals surface area (Å²) in [6, 6.07) is 22.7. The summed E-state index contributed by atoms with van der Waals surface area (Å²) in [5.74, 6) is 0.0556. The highest BCUT2D eigenvalue weighted by atomic mass is 32.1. The summed E-state index contributed by atoms with van der Waals surface area (Å²) >= 11 is 1.75. The van der Waals surface area contributed by atoms with Crippen molar-refractivity contribution in [3.63, 3.8) is 0 Å². The fourth-order valence-electron chi connectivity index (χ4n) is 4.03. The molecule has 0 aliphatic carbocycles. The zero-order valence-electron chi connectivity index (χ0n) is 17.2. The molecule has 2 atom stereocenters. The van der Waals surface area contributed by atoms with Crippen molar-refractivity contribution in [3.8, 4) is 0 Å². The second-order valence-corrected chi connectivity index (χ2v) is 8.92. The van der Waals surface area contributed by atoms with E-state index in [9.17, 15) is 4.79 Å². The molecule has 1 unspecified atom stereocenters. The van der Waals surface area contributed by atoms with E-state index in [1.54, 1.807) is 11.3 Å². The Hall–Kier alpha value is -2.47. The molecular weight excluding hydrogens is 392 g/mol. The highest BCUT2D eigenvalue weighted by molar-refractivity contribution is 7.09. The number of nitrogens with one attached hydrogen (secondary N) is 2. The van der Waals surface area contributed by atoms with E-state index in [1.807, 2.05) is 36.4 Å². The maximum atomic E-state index is 13.0. The van der Waals surface area contributed by atoms with Crippen molar-refractivity contribution < 1.29 is 14.4 Å². The topological polar surface area (TPSA) is 42.8 Å². The Morgan fingerprint density at radius 2 is 1.90 bits per heavy atom. The van der Waals surface area contributed by atoms with Gasteiger partial charge in [-0.2, -0.15) is 0 Å². The van der Waals surface area contributed by atoms with E-state index >= 15 is 0 Å². The van der Waals surface area contributed by atoms with Gasteiger partial charge in [-0.05, 0) is 47.9 Å². The van der Waals surface area contributed by atoms with Crippen LogP contribution in [0.15, 0.2) is 72.1 Å². The van der Waals surface area contributed by atoms with Gasteiger partial charge in [0.1, 0.15) is 19.2 Å². The van der Waals surface area contributed by atoms with Crippen LogP contribution in [-0.4, -0.2) is 31.7 Å². The molecular formula is C25H29N2O2S+. The van der Waals surface area contributed by atoms with E-state index in [1.165, 1.54) is 15.3 Å². The van der Waals surface area contributed by atoms with Crippen LogP contribution in [0.3, 0.4) is 0 Å². The van der Waals surface area contributed by atoms with E-state index < -0.39 is 0 Å². The van der Waals surface area contributed by atoms with Gasteiger partial charge < -0.3 is 15.0 Å². The average Bonchev–Trinajstić information content (AvgIpc) is 3.45. The molecule has 1 saturated heterocycles. The number of quaternary nitrogens is 1. The van der Waals surface area contributed by atoms with Crippen LogP contribution in [0.5, 0.6) is 0 Å². The van der Waals surface area contributed by atoms with Crippen molar-refractivity contribution in [3.05, 3.63) is 88.1 Å². The average molecular weight is 422 g/mol. The Balaban J connectivity index is 1.41. The molecule has 156 valence electrons. The number of ether oxygens (including phenoxy) is 1. The van der Waals surface area contributed by atoms with Crippen molar-refractivity contribution in [2.45, 2.75) is 31.9 Å². The Bertz CT molecular complexity index is 921. The smallest absolute Gasteiger partial charge is 0.279 e. The summed E-state index contributed by atoms with van der Waals surface area (Å²) < 4.78 is 5.84. The molecule has 3 aromatic rings. The summed E-state index contributed by atoms with van der Waals surface area (Å²) in [7, 11) is 0. The number of hydrogen-bond acceptors (Lipinski definition) is 3. The van der Waals surface area contributed by atoms with Crippen LogP contribution in [0, 0.1) is 0 Å². The molecule has 1 aliphatic rings. The summed E-state index contributed by atoms with van der Waals surface area (Å²) in [6.07, 6.45) is 3.28. The molecule has 0 bridgehead atoms. The summed E-state index contributed by atoms with van der Waals surface area (Å²) in [6.45, 7) is 3.01. The van der Waals surface area contributed by atoms with E-state index in [-0.39, 0.29) is 12.0 Å². The van der Waals surface area contributed by atoms with Gasteiger partial charge in [0.15, 0.2) is 6.54 Å². The molecule has 1 fully saturated rings. The molecule has 2 aromatic carbocycles. The molecule has 5 heteroatoms. The van der Waals surface area contributed by atoms with Gasteiger partial charge in [0.05, 0.1) is 4.88 Å². The predicted molar refractivity (Wildman–Crippen MR) is 122 cm³/mol. The third-order valence-electron chi connectivity index (χ3n) is 5.48. The second kappa shape index (κ2) is 10.5. The molecule has 1 aromatic heterocycles. The maximum absolute atomic E-state index is 13.0. The molecule has 0 radical (unpaired) electrons. The number of amides is 1. The molecule has 1 aliphatic heterocycles. The molecule has 4 rings (SSSR count). The van der Waals surface area contributed by atoms with Crippen molar-refractivity contribution in [1.82, 2.24) is 0 Å². The van der Waals surface area contributed by atoms with Crippen LogP contribution in [-0.2, 0) is 22.5 Å². The standard InChI is InChI=1S/C25H28N2O2S/c28-25(19-27(17-22-11-6-14-29-22)18-23-12-7-15-30-23)26-24-13-5-4-10-21(24)16-20-8-2-1-3-9-20/h1-5,7-10,12-13,15,22H,6,11,14,16-19H2,(H,26,28)/p+1/t22-/m1/s1. The SMILES string of the molecule is O=C(C[NH+](Cc1cccs1)C[C@H]1CCCO1)Nc1ccccc1Cc1ccccc1. The molecule has 4 nitrogen and oxygen atoms in total. The van der Waals surface area contributed by atoms with Crippen molar-refractivity contribution in [2.24, 2.45) is 0 Å². The van der Waals surface area contributed by atoms with Crippen molar-refractivity contribution in [2.75, 3.05) is 25.0 Å². The maximum Gasteiger partial charge on any atom is 0.279 e. The van der Waals surface area contributed by atoms with E-state index in [2.05, 4.69) is 41.0 Å². The number of carbonyl (C=O) groups is 1. The molecule has 2 N–H and O–H groups in total. The van der Waals surface area contributed by atoms with Crippen LogP contribution in [0.1, 0.15) is 28.8 Å². The van der Waals surface area contributed by atoms with E-state index in [0.29, 0.717) is 6.54 Å². The lowest BCUT2D eigenvalue weighted by Gasteiger charge is -2.22. The number of benzene rings is 2. The van der Waals surface area contributed by atoms with Gasteiger partial charge in [-0.15, -0.1) is 11.3 Å². The number of para-hydroxylation sites is 1. The third kappa shape index (κ3) is 6.02. The summed E-state index contributed by atoms with van der Waals surface area (Å²) in [5.41, 5.74) is 3.28. The number of thiophene rings is 1. The van der Waals surface area contributed by atoms with Crippen LogP contribution in [0.2, 0.25) is 0 Å². The van der Waals surface area contributed by atoms with Gasteiger partial charge in [0, 0.05) is 12.3 Å². The number of carbonyl (C=O) groups excluding carboxylic acids is 1.